The molecule has 3 N–H and O–H groups in total. The Kier molecular flexibility index (Phi) is 4.92. The minimum atomic E-state index is -1.20. The zero-order valence-corrected chi connectivity index (χ0v) is 16.2. The number of pyridine rings is 1. The van der Waals surface area contributed by atoms with Gasteiger partial charge < -0.3 is 5.73 Å². The lowest BCUT2D eigenvalue weighted by Crippen LogP contribution is -2.65. The molecule has 2 aromatic rings. The summed E-state index contributed by atoms with van der Waals surface area (Å²) in [5.41, 5.74) is 8.98. The van der Waals surface area contributed by atoms with Crippen molar-refractivity contribution in [3.63, 3.8) is 0 Å². The van der Waals surface area contributed by atoms with Crippen molar-refractivity contribution < 1.29 is 4.79 Å². The molecule has 0 saturated carbocycles. The Labute approximate surface area is 163 Å². The van der Waals surface area contributed by atoms with Gasteiger partial charge >= 0.3 is 0 Å². The number of hydrogen-bond acceptors (Lipinski definition) is 5. The molecule has 3 atom stereocenters. The molecule has 0 fully saturated rings. The largest absolute Gasteiger partial charge is 0.313 e. The van der Waals surface area contributed by atoms with Crippen LogP contribution in [0.5, 0.6) is 0 Å². The van der Waals surface area contributed by atoms with Gasteiger partial charge in [0.25, 0.3) is 0 Å². The summed E-state index contributed by atoms with van der Waals surface area (Å²) in [6.07, 6.45) is 5.18. The van der Waals surface area contributed by atoms with Gasteiger partial charge in [-0.05, 0) is 61.2 Å². The quantitative estimate of drug-likeness (QED) is 0.630. The molecule has 0 amide bonds. The molecule has 5 nitrogen and oxygen atoms in total. The van der Waals surface area contributed by atoms with Crippen molar-refractivity contribution in [2.75, 3.05) is 0 Å². The number of halogens is 1. The summed E-state index contributed by atoms with van der Waals surface area (Å²) >= 11 is 7.19. The number of carbonyl (C=O) groups is 1. The van der Waals surface area contributed by atoms with Crippen LogP contribution in [0.4, 0.5) is 0 Å². The SMILES string of the molecule is CC(=O)C1C=C(c2ccncc2)C(Cl)(c2cccc(C#N)c2C)NC1(C)N. The second-order valence-corrected chi connectivity index (χ2v) is 7.63. The van der Waals surface area contributed by atoms with Crippen molar-refractivity contribution >= 4 is 23.0 Å². The maximum absolute atomic E-state index is 12.2. The molecule has 1 aromatic carbocycles. The third kappa shape index (κ3) is 3.28. The molecule has 6 heteroatoms. The second-order valence-electron chi connectivity index (χ2n) is 7.06. The lowest BCUT2D eigenvalue weighted by molar-refractivity contribution is -0.121. The smallest absolute Gasteiger partial charge is 0.147 e. The normalized spacial score (nSPS) is 27.6. The van der Waals surface area contributed by atoms with Gasteiger partial charge in [0.05, 0.1) is 23.2 Å². The topological polar surface area (TPSA) is 91.8 Å². The first kappa shape index (κ1) is 19.2. The number of hydrogen-bond donors (Lipinski definition) is 2. The van der Waals surface area contributed by atoms with E-state index in [4.69, 9.17) is 17.3 Å². The zero-order chi connectivity index (χ0) is 19.8. The average molecular weight is 381 g/mol. The Morgan fingerprint density at radius 2 is 2.00 bits per heavy atom. The fourth-order valence-corrected chi connectivity index (χ4v) is 4.26. The number of carbonyl (C=O) groups excluding carboxylic acids is 1. The summed E-state index contributed by atoms with van der Waals surface area (Å²) in [6, 6.07) is 11.3. The molecule has 3 unspecified atom stereocenters. The van der Waals surface area contributed by atoms with Crippen LogP contribution in [0.15, 0.2) is 48.8 Å². The van der Waals surface area contributed by atoms with Crippen molar-refractivity contribution in [2.24, 2.45) is 11.7 Å². The van der Waals surface area contributed by atoms with Gasteiger partial charge in [0, 0.05) is 12.4 Å². The van der Waals surface area contributed by atoms with Gasteiger partial charge in [-0.2, -0.15) is 5.26 Å². The highest BCUT2D eigenvalue weighted by molar-refractivity contribution is 6.30. The lowest BCUT2D eigenvalue weighted by atomic mass is 9.77. The van der Waals surface area contributed by atoms with Gasteiger partial charge in [-0.1, -0.05) is 29.8 Å². The summed E-state index contributed by atoms with van der Waals surface area (Å²) in [5.74, 6) is -0.604. The number of alkyl halides is 1. The summed E-state index contributed by atoms with van der Waals surface area (Å²) in [7, 11) is 0. The molecule has 27 heavy (non-hydrogen) atoms. The highest BCUT2D eigenvalue weighted by Gasteiger charge is 2.48. The minimum Gasteiger partial charge on any atom is -0.313 e. The maximum atomic E-state index is 12.2. The van der Waals surface area contributed by atoms with E-state index < -0.39 is 16.6 Å². The lowest BCUT2D eigenvalue weighted by Gasteiger charge is -2.47. The molecule has 0 spiro atoms. The van der Waals surface area contributed by atoms with Gasteiger partial charge in [-0.25, -0.2) is 0 Å². The Bertz CT molecular complexity index is 962. The molecule has 0 radical (unpaired) electrons. The molecular weight excluding hydrogens is 360 g/mol. The average Bonchev–Trinajstić information content (AvgIpc) is 2.61. The first-order chi connectivity index (χ1) is 12.7. The van der Waals surface area contributed by atoms with Crippen LogP contribution in [0, 0.1) is 24.2 Å². The third-order valence-corrected chi connectivity index (χ3v) is 5.55. The minimum absolute atomic E-state index is 0.0553. The van der Waals surface area contributed by atoms with E-state index in [1.807, 2.05) is 31.2 Å². The van der Waals surface area contributed by atoms with Crippen LogP contribution < -0.4 is 11.1 Å². The zero-order valence-electron chi connectivity index (χ0n) is 15.5. The van der Waals surface area contributed by atoms with Crippen molar-refractivity contribution in [2.45, 2.75) is 31.4 Å². The number of rotatable bonds is 3. The second kappa shape index (κ2) is 6.90. The predicted molar refractivity (Wildman–Crippen MR) is 106 cm³/mol. The van der Waals surface area contributed by atoms with Crippen LogP contribution in [-0.4, -0.2) is 16.4 Å². The highest BCUT2D eigenvalue weighted by Crippen LogP contribution is 2.47. The van der Waals surface area contributed by atoms with E-state index in [2.05, 4.69) is 16.4 Å². The van der Waals surface area contributed by atoms with Gasteiger partial charge in [0.2, 0.25) is 0 Å². The summed E-state index contributed by atoms with van der Waals surface area (Å²) in [5, 5.41) is 12.7. The molecule has 2 heterocycles. The number of ketones is 1. The first-order valence-corrected chi connectivity index (χ1v) is 8.99. The number of benzene rings is 1. The molecular formula is C21H21ClN4O. The monoisotopic (exact) mass is 380 g/mol. The Morgan fingerprint density at radius 3 is 2.59 bits per heavy atom. The van der Waals surface area contributed by atoms with Crippen LogP contribution in [0.3, 0.4) is 0 Å². The Morgan fingerprint density at radius 1 is 1.33 bits per heavy atom. The van der Waals surface area contributed by atoms with Gasteiger partial charge in [0.1, 0.15) is 10.8 Å². The van der Waals surface area contributed by atoms with Crippen LogP contribution in [-0.2, 0) is 9.79 Å². The molecule has 0 saturated heterocycles. The van der Waals surface area contributed by atoms with E-state index in [0.29, 0.717) is 11.1 Å². The van der Waals surface area contributed by atoms with Crippen LogP contribution in [0.1, 0.15) is 36.1 Å². The highest BCUT2D eigenvalue weighted by atomic mass is 35.5. The molecule has 0 aliphatic carbocycles. The molecule has 1 aromatic heterocycles. The van der Waals surface area contributed by atoms with Crippen molar-refractivity contribution in [3.05, 3.63) is 71.1 Å². The third-order valence-electron chi connectivity index (χ3n) is 5.05. The standard InChI is InChI=1S/C21H21ClN4O/c1-13-16(12-23)5-4-6-17(13)21(22)19(15-7-9-25-10-8-15)11-18(14(2)27)20(3,24)26-21/h4-11,18,26H,24H2,1-3H3. The number of nitrogens with two attached hydrogens (primary N) is 1. The summed E-state index contributed by atoms with van der Waals surface area (Å²) in [4.78, 5) is 15.1. The molecule has 1 aliphatic heterocycles. The van der Waals surface area contributed by atoms with Crippen molar-refractivity contribution in [1.29, 1.82) is 5.26 Å². The number of Topliss-reactive ketones (excluding diaryl/α,β-unsaturated/α-hetero) is 1. The van der Waals surface area contributed by atoms with E-state index in [1.165, 1.54) is 6.92 Å². The fraction of sp³-hybridized carbons (Fsp3) is 0.286. The van der Waals surface area contributed by atoms with Crippen molar-refractivity contribution in [1.82, 2.24) is 10.3 Å². The number of nitriles is 1. The molecule has 138 valence electrons. The van der Waals surface area contributed by atoms with Crippen molar-refractivity contribution in [3.8, 4) is 6.07 Å². The molecule has 0 bridgehead atoms. The van der Waals surface area contributed by atoms with E-state index in [1.54, 1.807) is 31.5 Å². The van der Waals surface area contributed by atoms with Gasteiger partial charge in [0.15, 0.2) is 0 Å². The maximum Gasteiger partial charge on any atom is 0.147 e. The van der Waals surface area contributed by atoms with E-state index in [-0.39, 0.29) is 5.78 Å². The number of nitrogens with zero attached hydrogens (tertiary/aromatic N) is 2. The summed E-state index contributed by atoms with van der Waals surface area (Å²) < 4.78 is 0. The Balaban J connectivity index is 2.31. The van der Waals surface area contributed by atoms with Crippen LogP contribution >= 0.6 is 11.6 Å². The number of aromatic nitrogens is 1. The van der Waals surface area contributed by atoms with E-state index >= 15 is 0 Å². The molecule has 3 rings (SSSR count). The van der Waals surface area contributed by atoms with Crippen LogP contribution in [0.2, 0.25) is 0 Å². The van der Waals surface area contributed by atoms with Gasteiger partial charge in [-0.15, -0.1) is 0 Å². The first-order valence-electron chi connectivity index (χ1n) is 8.61. The predicted octanol–water partition coefficient (Wildman–Crippen LogP) is 3.22. The Hall–Kier alpha value is -2.52. The number of nitrogens with one attached hydrogen (secondary N) is 1. The van der Waals surface area contributed by atoms with E-state index in [9.17, 15) is 10.1 Å². The van der Waals surface area contributed by atoms with E-state index in [0.717, 1.165) is 16.7 Å². The molecule has 1 aliphatic rings. The van der Waals surface area contributed by atoms with Crippen LogP contribution in [0.25, 0.3) is 5.57 Å². The summed E-state index contributed by atoms with van der Waals surface area (Å²) in [6.45, 7) is 5.12. The van der Waals surface area contributed by atoms with Gasteiger partial charge in [-0.3, -0.25) is 15.1 Å². The fourth-order valence-electron chi connectivity index (χ4n) is 3.68.